The number of alkyl halides is 3. The van der Waals surface area contributed by atoms with E-state index in [2.05, 4.69) is 10.2 Å². The number of nitrogens with one attached hydrogen (secondary N) is 1. The maximum atomic E-state index is 12.4. The zero-order valence-electron chi connectivity index (χ0n) is 16.5. The van der Waals surface area contributed by atoms with E-state index in [0.29, 0.717) is 12.5 Å². The van der Waals surface area contributed by atoms with Crippen LogP contribution in [0.5, 0.6) is 0 Å². The summed E-state index contributed by atoms with van der Waals surface area (Å²) in [7, 11) is 0. The minimum atomic E-state index is -5.08. The van der Waals surface area contributed by atoms with Crippen LogP contribution in [0.15, 0.2) is 40.3 Å². The second kappa shape index (κ2) is 10.3. The third kappa shape index (κ3) is 6.81. The Hall–Kier alpha value is -2.37. The van der Waals surface area contributed by atoms with E-state index in [9.17, 15) is 18.0 Å². The van der Waals surface area contributed by atoms with Crippen LogP contribution in [0, 0.1) is 5.92 Å². The maximum Gasteiger partial charge on any atom is 0.490 e. The highest BCUT2D eigenvalue weighted by Crippen LogP contribution is 2.33. The Morgan fingerprint density at radius 1 is 1.29 bits per heavy atom. The van der Waals surface area contributed by atoms with Crippen LogP contribution in [0.25, 0.3) is 0 Å². The first-order valence-corrected chi connectivity index (χ1v) is 10.6. The van der Waals surface area contributed by atoms with E-state index in [1.165, 1.54) is 4.88 Å². The number of carbonyl (C=O) groups is 2. The number of carbonyl (C=O) groups excluding carboxylic acids is 1. The summed E-state index contributed by atoms with van der Waals surface area (Å²) in [5.74, 6) is -1.25. The Kier molecular flexibility index (Phi) is 7.74. The minimum absolute atomic E-state index is 0.0235. The van der Waals surface area contributed by atoms with Gasteiger partial charge >= 0.3 is 12.1 Å². The largest absolute Gasteiger partial charge is 0.490 e. The molecule has 2 N–H and O–H groups in total. The number of nitrogens with zero attached hydrogens (tertiary/aromatic N) is 1. The number of likely N-dealkylation sites (tertiary alicyclic amines) is 1. The van der Waals surface area contributed by atoms with Crippen LogP contribution in [0.3, 0.4) is 0 Å². The molecule has 0 unspecified atom stereocenters. The molecule has 0 bridgehead atoms. The van der Waals surface area contributed by atoms with Gasteiger partial charge in [0.15, 0.2) is 0 Å². The number of aliphatic carboxylic acids is 1. The van der Waals surface area contributed by atoms with Crippen molar-refractivity contribution in [2.24, 2.45) is 5.92 Å². The molecule has 2 saturated heterocycles. The third-order valence-electron chi connectivity index (χ3n) is 5.15. The van der Waals surface area contributed by atoms with Crippen LogP contribution in [0.1, 0.15) is 23.5 Å². The molecule has 31 heavy (non-hydrogen) atoms. The normalized spacial score (nSPS) is 23.5. The van der Waals surface area contributed by atoms with E-state index in [1.54, 1.807) is 17.6 Å². The van der Waals surface area contributed by atoms with Gasteiger partial charge in [-0.05, 0) is 48.9 Å². The molecule has 1 amide bonds. The maximum absolute atomic E-state index is 12.4. The molecular weight excluding hydrogens is 437 g/mol. The summed E-state index contributed by atoms with van der Waals surface area (Å²) in [6.07, 6.45) is -1.59. The number of carboxylic acid groups (broad SMARTS) is 1. The number of thiophene rings is 1. The summed E-state index contributed by atoms with van der Waals surface area (Å²) < 4.78 is 43.2. The van der Waals surface area contributed by atoms with E-state index in [0.717, 1.165) is 38.2 Å². The topological polar surface area (TPSA) is 92.0 Å². The van der Waals surface area contributed by atoms with Crippen molar-refractivity contribution < 1.29 is 37.0 Å². The number of fused-ring (bicyclic) bond motifs is 1. The summed E-state index contributed by atoms with van der Waals surface area (Å²) in [5.41, 5.74) is 0. The fourth-order valence-corrected chi connectivity index (χ4v) is 4.28. The Labute approximate surface area is 180 Å². The van der Waals surface area contributed by atoms with Crippen molar-refractivity contribution in [1.82, 2.24) is 10.2 Å². The van der Waals surface area contributed by atoms with Crippen molar-refractivity contribution in [3.63, 3.8) is 0 Å². The lowest BCUT2D eigenvalue weighted by molar-refractivity contribution is -0.192. The van der Waals surface area contributed by atoms with E-state index in [1.807, 2.05) is 29.6 Å². The number of hydrogen-bond donors (Lipinski definition) is 2. The molecular formula is C20H23F3N2O5S. The SMILES string of the molecule is O=C(NCc1cccs1)[C@H]1C[C@@H]2CCN(Cc3ccco3)C[C@H]2O1.O=C(O)C(F)(F)F. The quantitative estimate of drug-likeness (QED) is 0.712. The number of furan rings is 1. The Balaban J connectivity index is 0.000000339. The molecule has 0 spiro atoms. The molecule has 2 aromatic rings. The van der Waals surface area contributed by atoms with Gasteiger partial charge < -0.3 is 19.6 Å². The zero-order chi connectivity index (χ0) is 22.4. The predicted octanol–water partition coefficient (Wildman–Crippen LogP) is 3.27. The fourth-order valence-electron chi connectivity index (χ4n) is 3.63. The van der Waals surface area contributed by atoms with Gasteiger partial charge in [-0.15, -0.1) is 11.3 Å². The first-order valence-electron chi connectivity index (χ1n) is 9.72. The Bertz CT molecular complexity index is 842. The lowest BCUT2D eigenvalue weighted by atomic mass is 9.91. The highest BCUT2D eigenvalue weighted by molar-refractivity contribution is 7.09. The van der Waals surface area contributed by atoms with Crippen molar-refractivity contribution in [3.05, 3.63) is 46.5 Å². The molecule has 4 rings (SSSR count). The monoisotopic (exact) mass is 460 g/mol. The molecule has 0 saturated carbocycles. The number of rotatable bonds is 5. The average molecular weight is 460 g/mol. The Morgan fingerprint density at radius 2 is 2.06 bits per heavy atom. The van der Waals surface area contributed by atoms with Crippen LogP contribution in [0.4, 0.5) is 13.2 Å². The number of hydrogen-bond acceptors (Lipinski definition) is 6. The smallest absolute Gasteiger partial charge is 0.475 e. The van der Waals surface area contributed by atoms with Crippen molar-refractivity contribution >= 4 is 23.2 Å². The number of ether oxygens (including phenoxy) is 1. The summed E-state index contributed by atoms with van der Waals surface area (Å²) in [6.45, 7) is 3.32. The van der Waals surface area contributed by atoms with Gasteiger partial charge in [0.1, 0.15) is 11.9 Å². The van der Waals surface area contributed by atoms with Gasteiger partial charge in [0.2, 0.25) is 5.91 Å². The average Bonchev–Trinajstić information content (AvgIpc) is 3.47. The van der Waals surface area contributed by atoms with Gasteiger partial charge in [0.05, 0.1) is 25.5 Å². The van der Waals surface area contributed by atoms with Crippen molar-refractivity contribution in [3.8, 4) is 0 Å². The zero-order valence-corrected chi connectivity index (χ0v) is 17.3. The fraction of sp³-hybridized carbons (Fsp3) is 0.500. The molecule has 170 valence electrons. The molecule has 0 aromatic carbocycles. The van der Waals surface area contributed by atoms with E-state index >= 15 is 0 Å². The van der Waals surface area contributed by atoms with Gasteiger partial charge in [-0.3, -0.25) is 9.69 Å². The van der Waals surface area contributed by atoms with Crippen molar-refractivity contribution in [2.75, 3.05) is 13.1 Å². The van der Waals surface area contributed by atoms with Crippen LogP contribution >= 0.6 is 11.3 Å². The predicted molar refractivity (Wildman–Crippen MR) is 105 cm³/mol. The van der Waals surface area contributed by atoms with Gasteiger partial charge in [-0.1, -0.05) is 6.07 Å². The molecule has 0 radical (unpaired) electrons. The van der Waals surface area contributed by atoms with Gasteiger partial charge in [0, 0.05) is 11.4 Å². The number of piperidine rings is 1. The van der Waals surface area contributed by atoms with Gasteiger partial charge in [-0.25, -0.2) is 4.79 Å². The summed E-state index contributed by atoms with van der Waals surface area (Å²) >= 11 is 1.66. The molecule has 2 aliphatic rings. The van der Waals surface area contributed by atoms with E-state index in [-0.39, 0.29) is 18.1 Å². The number of carboxylic acids is 1. The third-order valence-corrected chi connectivity index (χ3v) is 6.02. The second-order valence-electron chi connectivity index (χ2n) is 7.36. The standard InChI is InChI=1S/C18H22N2O3S.C2HF3O2/c21-18(19-10-15-4-2-8-24-15)16-9-13-5-6-20(12-17(13)23-16)11-14-3-1-7-22-14;3-2(4,5)1(6)7/h1-4,7-8,13,16-17H,5-6,9-12H2,(H,19,21);(H,6,7)/t13-,16+,17+;/m0./s1. The molecule has 3 atom stereocenters. The molecule has 2 aliphatic heterocycles. The lowest BCUT2D eigenvalue weighted by Gasteiger charge is -2.33. The van der Waals surface area contributed by atoms with Crippen molar-refractivity contribution in [1.29, 1.82) is 0 Å². The second-order valence-corrected chi connectivity index (χ2v) is 8.39. The number of amides is 1. The summed E-state index contributed by atoms with van der Waals surface area (Å²) in [5, 5.41) is 12.2. The highest BCUT2D eigenvalue weighted by atomic mass is 32.1. The van der Waals surface area contributed by atoms with Gasteiger partial charge in [-0.2, -0.15) is 13.2 Å². The molecule has 2 fully saturated rings. The first-order chi connectivity index (χ1) is 14.7. The Morgan fingerprint density at radius 3 is 2.68 bits per heavy atom. The van der Waals surface area contributed by atoms with Crippen molar-refractivity contribution in [2.45, 2.75) is 44.3 Å². The number of halogens is 3. The van der Waals surface area contributed by atoms with Crippen LogP contribution in [-0.4, -0.2) is 53.4 Å². The van der Waals surface area contributed by atoms with Crippen LogP contribution in [-0.2, 0) is 27.4 Å². The lowest BCUT2D eigenvalue weighted by Crippen LogP contribution is -2.42. The molecule has 11 heteroatoms. The molecule has 7 nitrogen and oxygen atoms in total. The molecule has 4 heterocycles. The summed E-state index contributed by atoms with van der Waals surface area (Å²) in [4.78, 5) is 24.8. The minimum Gasteiger partial charge on any atom is -0.475 e. The molecule has 0 aliphatic carbocycles. The van der Waals surface area contributed by atoms with Crippen LogP contribution < -0.4 is 5.32 Å². The van der Waals surface area contributed by atoms with Crippen LogP contribution in [0.2, 0.25) is 0 Å². The summed E-state index contributed by atoms with van der Waals surface area (Å²) in [6, 6.07) is 7.96. The van der Waals surface area contributed by atoms with E-state index < -0.39 is 12.1 Å². The first kappa shape index (κ1) is 23.3. The molecule has 2 aromatic heterocycles. The highest BCUT2D eigenvalue weighted by Gasteiger charge is 2.41. The van der Waals surface area contributed by atoms with Gasteiger partial charge in [0.25, 0.3) is 0 Å². The van der Waals surface area contributed by atoms with E-state index in [4.69, 9.17) is 19.1 Å².